The van der Waals surface area contributed by atoms with E-state index in [0.717, 1.165) is 37.7 Å². The first-order valence-electron chi connectivity index (χ1n) is 10.0. The molecular formula is C23H29NO3. The topological polar surface area (TPSA) is 38.8 Å². The fourth-order valence-electron chi connectivity index (χ4n) is 4.49. The van der Waals surface area contributed by atoms with Crippen molar-refractivity contribution in [1.29, 1.82) is 0 Å². The summed E-state index contributed by atoms with van der Waals surface area (Å²) in [6.45, 7) is 6.26. The van der Waals surface area contributed by atoms with E-state index in [-0.39, 0.29) is 12.1 Å². The van der Waals surface area contributed by atoms with Crippen LogP contribution in [0.1, 0.15) is 58.4 Å². The number of benzene rings is 2. The largest absolute Gasteiger partial charge is 0.444 e. The maximum Gasteiger partial charge on any atom is 0.412 e. The Balaban J connectivity index is 1.53. The van der Waals surface area contributed by atoms with Gasteiger partial charge in [0.1, 0.15) is 11.3 Å². The lowest BCUT2D eigenvalue weighted by atomic mass is 10.00. The second kappa shape index (κ2) is 6.83. The van der Waals surface area contributed by atoms with Crippen molar-refractivity contribution >= 4 is 16.9 Å². The van der Waals surface area contributed by atoms with Gasteiger partial charge < -0.3 is 9.47 Å². The third kappa shape index (κ3) is 3.68. The molecule has 0 radical (unpaired) electrons. The number of carbonyl (C=O) groups excluding carboxylic acids is 1. The molecule has 2 fully saturated rings. The Hall–Kier alpha value is -2.07. The number of hydrogen-bond acceptors (Lipinski definition) is 3. The molecule has 2 bridgehead atoms. The summed E-state index contributed by atoms with van der Waals surface area (Å²) in [7, 11) is 0. The average molecular weight is 367 g/mol. The Morgan fingerprint density at radius 1 is 1.11 bits per heavy atom. The second-order valence-corrected chi connectivity index (χ2v) is 8.85. The lowest BCUT2D eigenvalue weighted by Gasteiger charge is -2.44. The molecule has 4 rings (SSSR count). The van der Waals surface area contributed by atoms with Crippen LogP contribution in [0.4, 0.5) is 4.79 Å². The Bertz CT molecular complexity index is 837. The van der Waals surface area contributed by atoms with Crippen molar-refractivity contribution < 1.29 is 14.3 Å². The summed E-state index contributed by atoms with van der Waals surface area (Å²) < 4.78 is 12.2. The van der Waals surface area contributed by atoms with Crippen LogP contribution in [-0.4, -0.2) is 28.4 Å². The van der Waals surface area contributed by atoms with Crippen molar-refractivity contribution in [3.8, 4) is 0 Å². The smallest absolute Gasteiger partial charge is 0.412 e. The lowest BCUT2D eigenvalue weighted by Crippen LogP contribution is -2.56. The molecule has 0 aromatic heterocycles. The van der Waals surface area contributed by atoms with Gasteiger partial charge in [0.15, 0.2) is 0 Å². The molecule has 2 aliphatic rings. The maximum atomic E-state index is 12.9. The highest BCUT2D eigenvalue weighted by Crippen LogP contribution is 2.46. The summed E-state index contributed by atoms with van der Waals surface area (Å²) in [5.41, 5.74) is 0.131. The van der Waals surface area contributed by atoms with Gasteiger partial charge in [-0.3, -0.25) is 4.90 Å². The van der Waals surface area contributed by atoms with Gasteiger partial charge in [0.05, 0.1) is 6.61 Å². The van der Waals surface area contributed by atoms with Crippen molar-refractivity contribution in [3.63, 3.8) is 0 Å². The van der Waals surface area contributed by atoms with Gasteiger partial charge in [0, 0.05) is 6.04 Å². The minimum atomic E-state index is -0.517. The van der Waals surface area contributed by atoms with Crippen molar-refractivity contribution in [2.45, 2.75) is 76.9 Å². The third-order valence-corrected chi connectivity index (χ3v) is 5.69. The Kier molecular flexibility index (Phi) is 4.63. The summed E-state index contributed by atoms with van der Waals surface area (Å²) in [6.07, 6.45) is 4.68. The number of piperidine rings is 1. The maximum absolute atomic E-state index is 12.9. The Labute approximate surface area is 161 Å². The highest BCUT2D eigenvalue weighted by Gasteiger charge is 2.53. The van der Waals surface area contributed by atoms with E-state index < -0.39 is 11.3 Å². The molecule has 1 amide bonds. The van der Waals surface area contributed by atoms with Gasteiger partial charge in [0.25, 0.3) is 0 Å². The van der Waals surface area contributed by atoms with Crippen molar-refractivity contribution in [1.82, 2.24) is 4.90 Å². The van der Waals surface area contributed by atoms with Gasteiger partial charge in [-0.05, 0) is 75.3 Å². The van der Waals surface area contributed by atoms with Crippen LogP contribution in [0, 0.1) is 0 Å². The molecule has 2 aliphatic heterocycles. The molecule has 2 saturated heterocycles. The molecule has 2 heterocycles. The molecule has 0 spiro atoms. The number of amides is 1. The number of nitrogens with zero attached hydrogens (tertiary/aromatic N) is 1. The zero-order chi connectivity index (χ0) is 19.1. The monoisotopic (exact) mass is 367 g/mol. The normalized spacial score (nSPS) is 25.0. The number of hydrogen-bond donors (Lipinski definition) is 0. The fourth-order valence-corrected chi connectivity index (χ4v) is 4.49. The quantitative estimate of drug-likeness (QED) is 0.705. The zero-order valence-corrected chi connectivity index (χ0v) is 16.5. The van der Waals surface area contributed by atoms with Gasteiger partial charge >= 0.3 is 6.09 Å². The molecule has 0 N–H and O–H groups in total. The van der Waals surface area contributed by atoms with E-state index in [0.29, 0.717) is 6.61 Å². The van der Waals surface area contributed by atoms with E-state index in [9.17, 15) is 4.79 Å². The van der Waals surface area contributed by atoms with Crippen molar-refractivity contribution in [2.24, 2.45) is 0 Å². The summed E-state index contributed by atoms with van der Waals surface area (Å²) in [5.74, 6) is 0. The molecule has 144 valence electrons. The molecule has 0 aliphatic carbocycles. The molecular weight excluding hydrogens is 338 g/mol. The van der Waals surface area contributed by atoms with Crippen LogP contribution in [0.2, 0.25) is 0 Å². The van der Waals surface area contributed by atoms with Crippen LogP contribution in [0.3, 0.4) is 0 Å². The van der Waals surface area contributed by atoms with E-state index in [4.69, 9.17) is 9.47 Å². The fraction of sp³-hybridized carbons (Fsp3) is 0.522. The molecule has 4 heteroatoms. The Morgan fingerprint density at radius 3 is 2.67 bits per heavy atom. The second-order valence-electron chi connectivity index (χ2n) is 8.85. The van der Waals surface area contributed by atoms with Gasteiger partial charge in [0.2, 0.25) is 0 Å². The molecule has 27 heavy (non-hydrogen) atoms. The first kappa shape index (κ1) is 18.3. The van der Waals surface area contributed by atoms with Crippen molar-refractivity contribution in [3.05, 3.63) is 48.0 Å². The van der Waals surface area contributed by atoms with Crippen LogP contribution in [0.5, 0.6) is 0 Å². The molecule has 4 nitrogen and oxygen atoms in total. The highest BCUT2D eigenvalue weighted by atomic mass is 16.6. The van der Waals surface area contributed by atoms with Crippen LogP contribution in [-0.2, 0) is 16.1 Å². The van der Waals surface area contributed by atoms with Crippen LogP contribution in [0.15, 0.2) is 42.5 Å². The summed E-state index contributed by atoms with van der Waals surface area (Å²) in [5, 5.41) is 2.45. The molecule has 2 unspecified atom stereocenters. The predicted molar refractivity (Wildman–Crippen MR) is 106 cm³/mol. The van der Waals surface area contributed by atoms with Crippen LogP contribution in [0.25, 0.3) is 10.8 Å². The van der Waals surface area contributed by atoms with Crippen molar-refractivity contribution in [2.75, 3.05) is 0 Å². The van der Waals surface area contributed by atoms with E-state index >= 15 is 0 Å². The number of rotatable bonds is 3. The average Bonchev–Trinajstić information content (AvgIpc) is 2.85. The highest BCUT2D eigenvalue weighted by molar-refractivity contribution is 5.82. The molecule has 2 aromatic rings. The number of ether oxygens (including phenoxy) is 2. The third-order valence-electron chi connectivity index (χ3n) is 5.69. The Morgan fingerprint density at radius 2 is 1.89 bits per heavy atom. The standard InChI is InChI=1S/C23H29NO3/c1-22(2,3)27-21(25)24-20-9-6-13-23(24,14-12-20)26-16-17-10-11-18-7-4-5-8-19(18)15-17/h4-5,7-8,10-11,15,20H,6,9,12-14,16H2,1-3H3. The van der Waals surface area contributed by atoms with Crippen LogP contribution < -0.4 is 0 Å². The minimum Gasteiger partial charge on any atom is -0.444 e. The predicted octanol–water partition coefficient (Wildman–Crippen LogP) is 5.64. The molecule has 2 atom stereocenters. The first-order valence-corrected chi connectivity index (χ1v) is 10.0. The van der Waals surface area contributed by atoms with Gasteiger partial charge in [-0.25, -0.2) is 4.79 Å². The van der Waals surface area contributed by atoms with E-state index in [2.05, 4.69) is 42.5 Å². The summed E-state index contributed by atoms with van der Waals surface area (Å²) in [6, 6.07) is 15.0. The van der Waals surface area contributed by atoms with E-state index in [1.807, 2.05) is 25.7 Å². The summed E-state index contributed by atoms with van der Waals surface area (Å²) in [4.78, 5) is 14.8. The van der Waals surface area contributed by atoms with Crippen LogP contribution >= 0.6 is 0 Å². The van der Waals surface area contributed by atoms with Gasteiger partial charge in [-0.15, -0.1) is 0 Å². The van der Waals surface area contributed by atoms with Gasteiger partial charge in [-0.1, -0.05) is 36.4 Å². The van der Waals surface area contributed by atoms with Gasteiger partial charge in [-0.2, -0.15) is 0 Å². The first-order chi connectivity index (χ1) is 12.9. The number of carbonyl (C=O) groups is 1. The minimum absolute atomic E-state index is 0.233. The SMILES string of the molecule is CC(C)(C)OC(=O)N1C2CCCC1(OCc1ccc3ccccc3c1)CC2. The zero-order valence-electron chi connectivity index (χ0n) is 16.5. The lowest BCUT2D eigenvalue weighted by molar-refractivity contribution is -0.163. The van der Waals surface area contributed by atoms with E-state index in [1.54, 1.807) is 0 Å². The molecule has 2 aromatic carbocycles. The molecule has 0 saturated carbocycles. The number of fused-ring (bicyclic) bond motifs is 3. The van der Waals surface area contributed by atoms with E-state index in [1.165, 1.54) is 10.8 Å². The summed E-state index contributed by atoms with van der Waals surface area (Å²) >= 11 is 0.